The molecule has 0 amide bonds. The third kappa shape index (κ3) is 2.82. The van der Waals surface area contributed by atoms with Gasteiger partial charge in [-0.3, -0.25) is 0 Å². The SMILES string of the molecule is CCc1ccc(CCC2OC2CC)cc1. The lowest BCUT2D eigenvalue weighted by atomic mass is 10.0. The van der Waals surface area contributed by atoms with Crippen molar-refractivity contribution >= 4 is 0 Å². The molecular weight excluding hydrogens is 184 g/mol. The molecule has 0 N–H and O–H groups in total. The second-order valence-electron chi connectivity index (χ2n) is 4.33. The van der Waals surface area contributed by atoms with Gasteiger partial charge in [-0.2, -0.15) is 0 Å². The minimum atomic E-state index is 0.542. The van der Waals surface area contributed by atoms with Crippen molar-refractivity contribution in [3.05, 3.63) is 35.4 Å². The number of aryl methyl sites for hydroxylation is 2. The molecule has 2 rings (SSSR count). The molecule has 2 unspecified atom stereocenters. The van der Waals surface area contributed by atoms with Crippen LogP contribution in [0, 0.1) is 0 Å². The van der Waals surface area contributed by atoms with Gasteiger partial charge < -0.3 is 4.74 Å². The molecule has 1 aliphatic rings. The van der Waals surface area contributed by atoms with Gasteiger partial charge >= 0.3 is 0 Å². The highest BCUT2D eigenvalue weighted by Gasteiger charge is 2.35. The molecule has 0 aromatic heterocycles. The summed E-state index contributed by atoms with van der Waals surface area (Å²) in [5, 5.41) is 0. The van der Waals surface area contributed by atoms with Crippen molar-refractivity contribution in [2.45, 2.75) is 51.7 Å². The van der Waals surface area contributed by atoms with Gasteiger partial charge in [0.25, 0.3) is 0 Å². The number of ether oxygens (including phenoxy) is 1. The number of rotatable bonds is 5. The lowest BCUT2D eigenvalue weighted by molar-refractivity contribution is 0.360. The van der Waals surface area contributed by atoms with E-state index in [1.54, 1.807) is 0 Å². The third-order valence-corrected chi connectivity index (χ3v) is 3.24. The molecular formula is C14H20O. The minimum absolute atomic E-state index is 0.542. The van der Waals surface area contributed by atoms with E-state index in [9.17, 15) is 0 Å². The van der Waals surface area contributed by atoms with Gasteiger partial charge in [-0.25, -0.2) is 0 Å². The molecule has 1 fully saturated rings. The highest BCUT2D eigenvalue weighted by molar-refractivity contribution is 5.22. The van der Waals surface area contributed by atoms with E-state index >= 15 is 0 Å². The Morgan fingerprint density at radius 2 is 1.67 bits per heavy atom. The van der Waals surface area contributed by atoms with Crippen LogP contribution in [-0.4, -0.2) is 12.2 Å². The van der Waals surface area contributed by atoms with Gasteiger partial charge in [0.2, 0.25) is 0 Å². The van der Waals surface area contributed by atoms with Crippen molar-refractivity contribution < 1.29 is 4.74 Å². The number of hydrogen-bond acceptors (Lipinski definition) is 1. The zero-order chi connectivity index (χ0) is 10.7. The molecule has 0 aliphatic carbocycles. The van der Waals surface area contributed by atoms with Gasteiger partial charge in [-0.05, 0) is 36.8 Å². The molecule has 0 radical (unpaired) electrons. The van der Waals surface area contributed by atoms with Gasteiger partial charge in [-0.1, -0.05) is 38.1 Å². The van der Waals surface area contributed by atoms with E-state index in [1.807, 2.05) is 0 Å². The number of benzene rings is 1. The van der Waals surface area contributed by atoms with Crippen molar-refractivity contribution in [3.8, 4) is 0 Å². The third-order valence-electron chi connectivity index (χ3n) is 3.24. The molecule has 1 saturated heterocycles. The lowest BCUT2D eigenvalue weighted by Gasteiger charge is -2.01. The fourth-order valence-electron chi connectivity index (χ4n) is 2.04. The van der Waals surface area contributed by atoms with Gasteiger partial charge in [0.1, 0.15) is 0 Å². The Labute approximate surface area is 92.5 Å². The summed E-state index contributed by atoms with van der Waals surface area (Å²) in [6.07, 6.45) is 5.74. The van der Waals surface area contributed by atoms with Crippen LogP contribution in [0.25, 0.3) is 0 Å². The van der Waals surface area contributed by atoms with Crippen LogP contribution >= 0.6 is 0 Å². The van der Waals surface area contributed by atoms with E-state index in [4.69, 9.17) is 4.74 Å². The summed E-state index contributed by atoms with van der Waals surface area (Å²) in [5.74, 6) is 0. The zero-order valence-electron chi connectivity index (χ0n) is 9.70. The van der Waals surface area contributed by atoms with Crippen molar-refractivity contribution in [2.24, 2.45) is 0 Å². The van der Waals surface area contributed by atoms with Crippen LogP contribution in [0.1, 0.15) is 37.8 Å². The highest BCUT2D eigenvalue weighted by Crippen LogP contribution is 2.29. The fraction of sp³-hybridized carbons (Fsp3) is 0.571. The molecule has 1 heterocycles. The van der Waals surface area contributed by atoms with Crippen LogP contribution in [0.4, 0.5) is 0 Å². The van der Waals surface area contributed by atoms with Crippen LogP contribution in [0.15, 0.2) is 24.3 Å². The normalized spacial score (nSPS) is 24.1. The fourth-order valence-corrected chi connectivity index (χ4v) is 2.04. The molecule has 1 aromatic carbocycles. The maximum absolute atomic E-state index is 5.53. The summed E-state index contributed by atoms with van der Waals surface area (Å²) in [4.78, 5) is 0. The molecule has 0 bridgehead atoms. The van der Waals surface area contributed by atoms with Gasteiger partial charge in [0, 0.05) is 0 Å². The second-order valence-corrected chi connectivity index (χ2v) is 4.33. The van der Waals surface area contributed by atoms with Gasteiger partial charge in [0.05, 0.1) is 12.2 Å². The number of epoxide rings is 1. The summed E-state index contributed by atoms with van der Waals surface area (Å²) in [6, 6.07) is 8.98. The largest absolute Gasteiger partial charge is 0.370 e. The molecule has 1 aromatic rings. The standard InChI is InChI=1S/C14H20O/c1-3-11-5-7-12(8-6-11)9-10-14-13(4-2)15-14/h5-8,13-14H,3-4,9-10H2,1-2H3. The average molecular weight is 204 g/mol. The van der Waals surface area contributed by atoms with E-state index < -0.39 is 0 Å². The van der Waals surface area contributed by atoms with Crippen LogP contribution in [0.2, 0.25) is 0 Å². The van der Waals surface area contributed by atoms with E-state index in [-0.39, 0.29) is 0 Å². The summed E-state index contributed by atoms with van der Waals surface area (Å²) in [5.41, 5.74) is 2.87. The Morgan fingerprint density at radius 1 is 1.00 bits per heavy atom. The van der Waals surface area contributed by atoms with E-state index in [2.05, 4.69) is 38.1 Å². The molecule has 0 saturated carbocycles. The van der Waals surface area contributed by atoms with E-state index in [0.29, 0.717) is 12.2 Å². The number of hydrogen-bond donors (Lipinski definition) is 0. The second kappa shape index (κ2) is 4.80. The Bertz CT molecular complexity index is 302. The summed E-state index contributed by atoms with van der Waals surface area (Å²) in [6.45, 7) is 4.39. The first-order chi connectivity index (χ1) is 7.33. The maximum Gasteiger partial charge on any atom is 0.0845 e. The van der Waals surface area contributed by atoms with Crippen LogP contribution in [0.5, 0.6) is 0 Å². The molecule has 1 aliphatic heterocycles. The Balaban J connectivity index is 1.79. The highest BCUT2D eigenvalue weighted by atomic mass is 16.6. The van der Waals surface area contributed by atoms with Gasteiger partial charge in [0.15, 0.2) is 0 Å². The molecule has 1 nitrogen and oxygen atoms in total. The Hall–Kier alpha value is -0.820. The van der Waals surface area contributed by atoms with Gasteiger partial charge in [-0.15, -0.1) is 0 Å². The van der Waals surface area contributed by atoms with Crippen molar-refractivity contribution in [2.75, 3.05) is 0 Å². The molecule has 2 atom stereocenters. The predicted molar refractivity (Wildman–Crippen MR) is 63.1 cm³/mol. The monoisotopic (exact) mass is 204 g/mol. The predicted octanol–water partition coefficient (Wildman–Crippen LogP) is 3.36. The minimum Gasteiger partial charge on any atom is -0.370 e. The smallest absolute Gasteiger partial charge is 0.0845 e. The topological polar surface area (TPSA) is 12.5 Å². The van der Waals surface area contributed by atoms with Crippen LogP contribution in [-0.2, 0) is 17.6 Å². The summed E-state index contributed by atoms with van der Waals surface area (Å²) in [7, 11) is 0. The van der Waals surface area contributed by atoms with E-state index in [0.717, 1.165) is 12.8 Å². The first-order valence-electron chi connectivity index (χ1n) is 6.06. The molecule has 82 valence electrons. The van der Waals surface area contributed by atoms with Crippen LogP contribution in [0.3, 0.4) is 0 Å². The van der Waals surface area contributed by atoms with Crippen LogP contribution < -0.4 is 0 Å². The van der Waals surface area contributed by atoms with Crippen molar-refractivity contribution in [1.29, 1.82) is 0 Å². The quantitative estimate of drug-likeness (QED) is 0.670. The summed E-state index contributed by atoms with van der Waals surface area (Å²) >= 11 is 0. The maximum atomic E-state index is 5.53. The average Bonchev–Trinajstić information content (AvgIpc) is 3.06. The first-order valence-corrected chi connectivity index (χ1v) is 6.06. The van der Waals surface area contributed by atoms with Crippen molar-refractivity contribution in [1.82, 2.24) is 0 Å². The molecule has 1 heteroatoms. The Kier molecular flexibility index (Phi) is 3.42. The van der Waals surface area contributed by atoms with Crippen molar-refractivity contribution in [3.63, 3.8) is 0 Å². The molecule has 0 spiro atoms. The summed E-state index contributed by atoms with van der Waals surface area (Å²) < 4.78 is 5.53. The first kappa shape index (κ1) is 10.7. The molecule has 15 heavy (non-hydrogen) atoms. The lowest BCUT2D eigenvalue weighted by Crippen LogP contribution is -1.95. The zero-order valence-corrected chi connectivity index (χ0v) is 9.70. The van der Waals surface area contributed by atoms with E-state index in [1.165, 1.54) is 24.0 Å². The Morgan fingerprint density at radius 3 is 2.20 bits per heavy atom.